The fourth-order valence-corrected chi connectivity index (χ4v) is 3.14. The van der Waals surface area contributed by atoms with Gasteiger partial charge in [-0.1, -0.05) is 12.1 Å². The lowest BCUT2D eigenvalue weighted by molar-refractivity contribution is -0.141. The Morgan fingerprint density at radius 1 is 1.16 bits per heavy atom. The quantitative estimate of drug-likeness (QED) is 0.843. The molecule has 0 unspecified atom stereocenters. The van der Waals surface area contributed by atoms with Gasteiger partial charge in [-0.15, -0.1) is 0 Å². The van der Waals surface area contributed by atoms with Gasteiger partial charge >= 0.3 is 6.03 Å². The number of hydrogen-bond acceptors (Lipinski definition) is 6. The van der Waals surface area contributed by atoms with E-state index in [-0.39, 0.29) is 24.4 Å². The summed E-state index contributed by atoms with van der Waals surface area (Å²) in [4.78, 5) is 32.5. The summed E-state index contributed by atoms with van der Waals surface area (Å²) >= 11 is 0. The molecule has 2 saturated heterocycles. The van der Waals surface area contributed by atoms with E-state index in [9.17, 15) is 9.59 Å². The Morgan fingerprint density at radius 3 is 2.52 bits per heavy atom. The molecule has 138 valence electrons. The highest BCUT2D eigenvalue weighted by atomic mass is 16.5. The Bertz CT molecular complexity index is 591. The van der Waals surface area contributed by atoms with Crippen LogP contribution in [0.1, 0.15) is 31.5 Å². The molecule has 0 bridgehead atoms. The second-order valence-electron chi connectivity index (χ2n) is 6.32. The number of aromatic nitrogens is 2. The van der Waals surface area contributed by atoms with E-state index in [1.54, 1.807) is 4.90 Å². The van der Waals surface area contributed by atoms with Gasteiger partial charge in [0, 0.05) is 38.5 Å². The monoisotopic (exact) mass is 351 g/mol. The third-order valence-electron chi connectivity index (χ3n) is 4.66. The van der Waals surface area contributed by atoms with Crippen molar-refractivity contribution in [2.75, 3.05) is 39.4 Å². The Balaban J connectivity index is 1.41. The fourth-order valence-electron chi connectivity index (χ4n) is 3.14. The first-order valence-electron chi connectivity index (χ1n) is 8.88. The van der Waals surface area contributed by atoms with Crippen LogP contribution in [0.4, 0.5) is 4.79 Å². The van der Waals surface area contributed by atoms with E-state index < -0.39 is 0 Å². The first-order valence-corrected chi connectivity index (χ1v) is 8.88. The van der Waals surface area contributed by atoms with Crippen LogP contribution >= 0.6 is 0 Å². The van der Waals surface area contributed by atoms with Gasteiger partial charge in [0.05, 0.1) is 19.8 Å². The lowest BCUT2D eigenvalue weighted by Crippen LogP contribution is -2.49. The molecule has 25 heavy (non-hydrogen) atoms. The van der Waals surface area contributed by atoms with Crippen molar-refractivity contribution in [3.05, 3.63) is 11.7 Å². The van der Waals surface area contributed by atoms with E-state index in [4.69, 9.17) is 9.26 Å². The van der Waals surface area contributed by atoms with Crippen LogP contribution in [-0.2, 0) is 22.5 Å². The maximum atomic E-state index is 12.5. The maximum absolute atomic E-state index is 12.5. The van der Waals surface area contributed by atoms with Gasteiger partial charge in [-0.05, 0) is 12.8 Å². The van der Waals surface area contributed by atoms with Crippen LogP contribution in [0.2, 0.25) is 0 Å². The number of piperidine rings is 1. The molecule has 1 aromatic heterocycles. The van der Waals surface area contributed by atoms with Crippen LogP contribution in [0.15, 0.2) is 4.52 Å². The molecule has 2 aliphatic rings. The van der Waals surface area contributed by atoms with Gasteiger partial charge in [0.15, 0.2) is 5.82 Å². The van der Waals surface area contributed by atoms with Crippen molar-refractivity contribution in [3.63, 3.8) is 0 Å². The number of ether oxygens (including phenoxy) is 1. The highest BCUT2D eigenvalue weighted by Gasteiger charge is 2.30. The van der Waals surface area contributed by atoms with E-state index in [1.807, 2.05) is 11.8 Å². The molecule has 3 amide bonds. The van der Waals surface area contributed by atoms with Gasteiger partial charge in [-0.25, -0.2) is 4.79 Å². The molecule has 9 heteroatoms. The number of amides is 3. The largest absolute Gasteiger partial charge is 0.378 e. The number of urea groups is 1. The zero-order chi connectivity index (χ0) is 17.6. The lowest BCUT2D eigenvalue weighted by Gasteiger charge is -2.35. The van der Waals surface area contributed by atoms with Crippen molar-refractivity contribution < 1.29 is 18.8 Å². The second-order valence-corrected chi connectivity index (χ2v) is 6.32. The van der Waals surface area contributed by atoms with Crippen LogP contribution < -0.4 is 5.32 Å². The zero-order valence-corrected chi connectivity index (χ0v) is 14.6. The Labute approximate surface area is 146 Å². The van der Waals surface area contributed by atoms with Gasteiger partial charge < -0.3 is 24.4 Å². The van der Waals surface area contributed by atoms with Crippen molar-refractivity contribution >= 4 is 11.9 Å². The van der Waals surface area contributed by atoms with Gasteiger partial charge in [-0.2, -0.15) is 4.98 Å². The van der Waals surface area contributed by atoms with E-state index >= 15 is 0 Å². The molecule has 3 heterocycles. The molecule has 2 aliphatic heterocycles. The molecule has 1 aromatic rings. The highest BCUT2D eigenvalue weighted by molar-refractivity contribution is 5.80. The number of carbonyl (C=O) groups excluding carboxylic acids is 2. The molecule has 0 spiro atoms. The van der Waals surface area contributed by atoms with Crippen LogP contribution in [0.5, 0.6) is 0 Å². The summed E-state index contributed by atoms with van der Waals surface area (Å²) in [6.45, 7) is 5.91. The van der Waals surface area contributed by atoms with Gasteiger partial charge in [0.1, 0.15) is 0 Å². The van der Waals surface area contributed by atoms with Crippen molar-refractivity contribution in [1.82, 2.24) is 25.3 Å². The van der Waals surface area contributed by atoms with Gasteiger partial charge in [0.25, 0.3) is 0 Å². The summed E-state index contributed by atoms with van der Waals surface area (Å²) in [6, 6.07) is -0.153. The van der Waals surface area contributed by atoms with Crippen LogP contribution in [-0.4, -0.2) is 71.3 Å². The molecule has 1 N–H and O–H groups in total. The average molecular weight is 351 g/mol. The standard InChI is InChI=1S/C16H25N5O4/c1-2-14-18-13(19-25-14)11-17-16(23)21-5-3-12(4-6-21)15(22)20-7-9-24-10-8-20/h12H,2-11H2,1H3,(H,17,23). The third kappa shape index (κ3) is 4.47. The predicted molar refractivity (Wildman–Crippen MR) is 87.6 cm³/mol. The van der Waals surface area contributed by atoms with E-state index in [2.05, 4.69) is 15.5 Å². The zero-order valence-electron chi connectivity index (χ0n) is 14.6. The molecule has 0 atom stereocenters. The Kier molecular flexibility index (Phi) is 5.85. The third-order valence-corrected chi connectivity index (χ3v) is 4.66. The van der Waals surface area contributed by atoms with Gasteiger partial charge in [-0.3, -0.25) is 4.79 Å². The Hall–Kier alpha value is -2.16. The summed E-state index contributed by atoms with van der Waals surface area (Å²) < 4.78 is 10.3. The summed E-state index contributed by atoms with van der Waals surface area (Å²) in [5.74, 6) is 1.24. The van der Waals surface area contributed by atoms with Gasteiger partial charge in [0.2, 0.25) is 11.8 Å². The smallest absolute Gasteiger partial charge is 0.317 e. The number of nitrogens with one attached hydrogen (secondary N) is 1. The molecule has 0 aliphatic carbocycles. The molecule has 0 radical (unpaired) electrons. The number of rotatable bonds is 4. The summed E-state index contributed by atoms with van der Waals surface area (Å²) in [7, 11) is 0. The van der Waals surface area contributed by atoms with Crippen LogP contribution in [0.3, 0.4) is 0 Å². The van der Waals surface area contributed by atoms with Crippen molar-refractivity contribution in [3.8, 4) is 0 Å². The number of nitrogens with zero attached hydrogens (tertiary/aromatic N) is 4. The van der Waals surface area contributed by atoms with Crippen molar-refractivity contribution in [2.24, 2.45) is 5.92 Å². The molecule has 0 saturated carbocycles. The maximum Gasteiger partial charge on any atom is 0.317 e. The number of morpholine rings is 1. The highest BCUT2D eigenvalue weighted by Crippen LogP contribution is 2.20. The molecule has 9 nitrogen and oxygen atoms in total. The molecular formula is C16H25N5O4. The predicted octanol–water partition coefficient (Wildman–Crippen LogP) is 0.412. The summed E-state index contributed by atoms with van der Waals surface area (Å²) in [5.41, 5.74) is 0. The number of aryl methyl sites for hydroxylation is 1. The Morgan fingerprint density at radius 2 is 1.88 bits per heavy atom. The van der Waals surface area contributed by atoms with E-state index in [0.717, 1.165) is 0 Å². The number of hydrogen-bond donors (Lipinski definition) is 1. The average Bonchev–Trinajstić information content (AvgIpc) is 3.14. The number of likely N-dealkylation sites (tertiary alicyclic amines) is 1. The van der Waals surface area contributed by atoms with Crippen molar-refractivity contribution in [2.45, 2.75) is 32.7 Å². The summed E-state index contributed by atoms with van der Waals surface area (Å²) in [5, 5.41) is 6.62. The molecule has 0 aromatic carbocycles. The SMILES string of the molecule is CCc1nc(CNC(=O)N2CCC(C(=O)N3CCOCC3)CC2)no1. The first-order chi connectivity index (χ1) is 12.2. The first kappa shape index (κ1) is 17.7. The minimum Gasteiger partial charge on any atom is -0.378 e. The normalized spacial score (nSPS) is 19.1. The molecular weight excluding hydrogens is 326 g/mol. The summed E-state index contributed by atoms with van der Waals surface area (Å²) in [6.07, 6.45) is 2.07. The second kappa shape index (κ2) is 8.28. The fraction of sp³-hybridized carbons (Fsp3) is 0.750. The minimum atomic E-state index is -0.153. The minimum absolute atomic E-state index is 0.00599. The topological polar surface area (TPSA) is 101 Å². The lowest BCUT2D eigenvalue weighted by atomic mass is 9.95. The van der Waals surface area contributed by atoms with E-state index in [0.29, 0.717) is 70.4 Å². The van der Waals surface area contributed by atoms with E-state index in [1.165, 1.54) is 0 Å². The van der Waals surface area contributed by atoms with Crippen LogP contribution in [0.25, 0.3) is 0 Å². The van der Waals surface area contributed by atoms with Crippen molar-refractivity contribution in [1.29, 1.82) is 0 Å². The number of carbonyl (C=O) groups is 2. The molecule has 3 rings (SSSR count). The molecule has 2 fully saturated rings. The van der Waals surface area contributed by atoms with Crippen LogP contribution in [0, 0.1) is 5.92 Å².